The third kappa shape index (κ3) is 3.35. The minimum Gasteiger partial charge on any atom is -0.497 e. The smallest absolute Gasteiger partial charge is 0.285 e. The highest BCUT2D eigenvalue weighted by Gasteiger charge is 2.39. The lowest BCUT2D eigenvalue weighted by Crippen LogP contribution is -2.45. The first-order valence-electron chi connectivity index (χ1n) is 9.11. The van der Waals surface area contributed by atoms with Crippen LogP contribution in [0.15, 0.2) is 57.8 Å². The molecule has 7 nitrogen and oxygen atoms in total. The topological polar surface area (TPSA) is 88.1 Å². The Morgan fingerprint density at radius 1 is 1.21 bits per heavy atom. The Morgan fingerprint density at radius 2 is 1.96 bits per heavy atom. The number of benzene rings is 2. The summed E-state index contributed by atoms with van der Waals surface area (Å²) >= 11 is 0. The van der Waals surface area contributed by atoms with Crippen molar-refractivity contribution in [2.75, 3.05) is 13.7 Å². The molecule has 0 unspecified atom stereocenters. The Hall–Kier alpha value is -2.87. The number of nitrogens with one attached hydrogen (secondary N) is 1. The fourth-order valence-electron chi connectivity index (χ4n) is 3.64. The monoisotopic (exact) mass is 399 g/mol. The molecule has 0 aliphatic carbocycles. The molecule has 8 heteroatoms. The molecule has 0 bridgehead atoms. The lowest BCUT2D eigenvalue weighted by Gasteiger charge is -2.25. The maximum Gasteiger partial charge on any atom is 0.285 e. The molecule has 1 saturated heterocycles. The maximum atomic E-state index is 12.8. The van der Waals surface area contributed by atoms with Gasteiger partial charge >= 0.3 is 0 Å². The van der Waals surface area contributed by atoms with Gasteiger partial charge in [-0.25, -0.2) is 0 Å². The second-order valence-corrected chi connectivity index (χ2v) is 8.38. The van der Waals surface area contributed by atoms with Crippen molar-refractivity contribution in [1.82, 2.24) is 10.2 Å². The van der Waals surface area contributed by atoms with Crippen molar-refractivity contribution in [2.45, 2.75) is 30.3 Å². The summed E-state index contributed by atoms with van der Waals surface area (Å²) in [6.45, 7) is 0.998. The maximum absolute atomic E-state index is 12.8. The number of methoxy groups -OCH3 is 1. The van der Waals surface area contributed by atoms with Gasteiger partial charge in [0.25, 0.3) is 10.0 Å². The lowest BCUT2D eigenvalue weighted by atomic mass is 10.1. The predicted molar refractivity (Wildman–Crippen MR) is 105 cm³/mol. The standard InChI is InChI=1S/C20H21N3O4S/c1-27-15-10-8-14(9-11-15)13-21-20(24)17-6-4-12-23(17)19-16-5-2-3-7-18(16)28(25,26)22-19/h2-3,5,7-11,17H,4,6,12-13H2,1H3,(H,21,24)/t17-/m0/s1. The number of ether oxygens (including phenoxy) is 1. The van der Waals surface area contributed by atoms with Crippen molar-refractivity contribution >= 4 is 21.8 Å². The second-order valence-electron chi connectivity index (χ2n) is 6.80. The molecule has 0 aromatic heterocycles. The molecule has 0 saturated carbocycles. The van der Waals surface area contributed by atoms with E-state index < -0.39 is 16.1 Å². The SMILES string of the molecule is COc1ccc(CNC(=O)[C@@H]2CCCN2C2=NS(=O)(=O)c3ccccc32)cc1. The van der Waals surface area contributed by atoms with Crippen molar-refractivity contribution < 1.29 is 17.9 Å². The molecule has 2 aliphatic rings. The molecule has 1 fully saturated rings. The molecule has 1 amide bonds. The molecule has 2 aromatic carbocycles. The number of amidine groups is 1. The molecular formula is C20H21N3O4S. The molecular weight excluding hydrogens is 378 g/mol. The molecule has 1 atom stereocenters. The van der Waals surface area contributed by atoms with E-state index in [1.54, 1.807) is 31.4 Å². The largest absolute Gasteiger partial charge is 0.497 e. The van der Waals surface area contributed by atoms with Crippen molar-refractivity contribution in [3.63, 3.8) is 0 Å². The van der Waals surface area contributed by atoms with Crippen LogP contribution in [0, 0.1) is 0 Å². The zero-order valence-electron chi connectivity index (χ0n) is 15.5. The van der Waals surface area contributed by atoms with Gasteiger partial charge in [-0.3, -0.25) is 4.79 Å². The molecule has 28 heavy (non-hydrogen) atoms. The van der Waals surface area contributed by atoms with Gasteiger partial charge < -0.3 is 15.0 Å². The van der Waals surface area contributed by atoms with E-state index in [4.69, 9.17) is 4.74 Å². The van der Waals surface area contributed by atoms with E-state index >= 15 is 0 Å². The van der Waals surface area contributed by atoms with Gasteiger partial charge in [-0.05, 0) is 42.7 Å². The van der Waals surface area contributed by atoms with E-state index in [9.17, 15) is 13.2 Å². The van der Waals surface area contributed by atoms with Gasteiger partial charge in [0.2, 0.25) is 5.91 Å². The fraction of sp³-hybridized carbons (Fsp3) is 0.300. The van der Waals surface area contributed by atoms with Crippen molar-refractivity contribution in [2.24, 2.45) is 4.40 Å². The van der Waals surface area contributed by atoms with Crippen molar-refractivity contribution in [1.29, 1.82) is 0 Å². The highest BCUT2D eigenvalue weighted by Crippen LogP contribution is 2.31. The van der Waals surface area contributed by atoms with Gasteiger partial charge in [-0.1, -0.05) is 24.3 Å². The van der Waals surface area contributed by atoms with Gasteiger partial charge in [0, 0.05) is 18.7 Å². The first kappa shape index (κ1) is 18.5. The van der Waals surface area contributed by atoms with E-state index in [1.165, 1.54) is 0 Å². The summed E-state index contributed by atoms with van der Waals surface area (Å²) in [6.07, 6.45) is 1.47. The number of hydrogen-bond acceptors (Lipinski definition) is 5. The zero-order valence-corrected chi connectivity index (χ0v) is 16.3. The summed E-state index contributed by atoms with van der Waals surface area (Å²) < 4.78 is 33.8. The molecule has 2 heterocycles. The number of carbonyl (C=O) groups excluding carboxylic acids is 1. The average molecular weight is 399 g/mol. The minimum absolute atomic E-state index is 0.127. The van der Waals surface area contributed by atoms with Gasteiger partial charge in [0.15, 0.2) is 5.84 Å². The van der Waals surface area contributed by atoms with Crippen molar-refractivity contribution in [3.05, 3.63) is 59.7 Å². The molecule has 2 aliphatic heterocycles. The van der Waals surface area contributed by atoms with E-state index in [0.717, 1.165) is 17.7 Å². The van der Waals surface area contributed by atoms with Crippen molar-refractivity contribution in [3.8, 4) is 5.75 Å². The molecule has 1 N–H and O–H groups in total. The van der Waals surface area contributed by atoms with E-state index in [2.05, 4.69) is 9.71 Å². The fourth-order valence-corrected chi connectivity index (χ4v) is 4.86. The van der Waals surface area contributed by atoms with Crippen LogP contribution in [0.4, 0.5) is 0 Å². The Labute approximate surface area is 164 Å². The van der Waals surface area contributed by atoms with Crippen LogP contribution in [0.2, 0.25) is 0 Å². The zero-order chi connectivity index (χ0) is 19.7. The molecule has 2 aromatic rings. The Kier molecular flexibility index (Phi) is 4.80. The highest BCUT2D eigenvalue weighted by molar-refractivity contribution is 7.90. The van der Waals surface area contributed by atoms with Crippen LogP contribution in [0.3, 0.4) is 0 Å². The Bertz CT molecular complexity index is 1030. The molecule has 146 valence electrons. The quantitative estimate of drug-likeness (QED) is 0.849. The third-order valence-electron chi connectivity index (χ3n) is 5.07. The van der Waals surface area contributed by atoms with E-state index in [0.29, 0.717) is 30.9 Å². The first-order valence-corrected chi connectivity index (χ1v) is 10.6. The molecule has 4 rings (SSSR count). The molecule has 0 spiro atoms. The summed E-state index contributed by atoms with van der Waals surface area (Å²) in [5.41, 5.74) is 1.53. The summed E-state index contributed by atoms with van der Waals surface area (Å²) in [6, 6.07) is 13.8. The van der Waals surface area contributed by atoms with Crippen LogP contribution >= 0.6 is 0 Å². The lowest BCUT2D eigenvalue weighted by molar-refractivity contribution is -0.124. The Morgan fingerprint density at radius 3 is 2.71 bits per heavy atom. The number of hydrogen-bond donors (Lipinski definition) is 1. The van der Waals surface area contributed by atoms with Gasteiger partial charge in [-0.15, -0.1) is 4.40 Å². The second kappa shape index (κ2) is 7.27. The van der Waals surface area contributed by atoms with Gasteiger partial charge in [0.1, 0.15) is 16.7 Å². The third-order valence-corrected chi connectivity index (χ3v) is 6.39. The number of nitrogens with zero attached hydrogens (tertiary/aromatic N) is 2. The predicted octanol–water partition coefficient (Wildman–Crippen LogP) is 1.92. The summed E-state index contributed by atoms with van der Waals surface area (Å²) in [5.74, 6) is 1.01. The van der Waals surface area contributed by atoms with Gasteiger partial charge in [0.05, 0.1) is 7.11 Å². The minimum atomic E-state index is -3.70. The average Bonchev–Trinajstić information content (AvgIpc) is 3.29. The number of carbonyl (C=O) groups is 1. The summed E-state index contributed by atoms with van der Waals surface area (Å²) in [7, 11) is -2.09. The number of fused-ring (bicyclic) bond motifs is 1. The number of amides is 1. The number of likely N-dealkylation sites (tertiary alicyclic amines) is 1. The van der Waals surface area contributed by atoms with Crippen LogP contribution in [-0.4, -0.2) is 44.8 Å². The van der Waals surface area contributed by atoms with Crippen LogP contribution in [0.5, 0.6) is 5.75 Å². The normalized spacial score (nSPS) is 19.8. The van der Waals surface area contributed by atoms with Crippen LogP contribution < -0.4 is 10.1 Å². The van der Waals surface area contributed by atoms with E-state index in [1.807, 2.05) is 29.2 Å². The first-order chi connectivity index (χ1) is 13.5. The summed E-state index contributed by atoms with van der Waals surface area (Å²) in [5, 5.41) is 2.95. The van der Waals surface area contributed by atoms with Gasteiger partial charge in [-0.2, -0.15) is 8.42 Å². The van der Waals surface area contributed by atoms with E-state index in [-0.39, 0.29) is 10.8 Å². The van der Waals surface area contributed by atoms with Crippen LogP contribution in [-0.2, 0) is 21.4 Å². The summed E-state index contributed by atoms with van der Waals surface area (Å²) in [4.78, 5) is 14.8. The van der Waals surface area contributed by atoms with Crippen LogP contribution in [0.25, 0.3) is 0 Å². The number of sulfonamides is 1. The molecule has 0 radical (unpaired) electrons. The van der Waals surface area contributed by atoms with Crippen LogP contribution in [0.1, 0.15) is 24.0 Å². The Balaban J connectivity index is 1.50. The highest BCUT2D eigenvalue weighted by atomic mass is 32.2. The number of rotatable bonds is 4.